The predicted octanol–water partition coefficient (Wildman–Crippen LogP) is 4.90. The van der Waals surface area contributed by atoms with Crippen molar-refractivity contribution in [1.82, 2.24) is 14.7 Å². The van der Waals surface area contributed by atoms with Crippen molar-refractivity contribution in [3.8, 4) is 23.0 Å². The van der Waals surface area contributed by atoms with Gasteiger partial charge in [-0.05, 0) is 48.7 Å². The van der Waals surface area contributed by atoms with E-state index >= 15 is 0 Å². The molecule has 1 atom stereocenters. The number of sulfone groups is 1. The Hall–Kier alpha value is -5.14. The molecule has 1 saturated heterocycles. The molecule has 214 valence electrons. The zero-order valence-electron chi connectivity index (χ0n) is 23.1. The molecular weight excluding hydrogens is 567 g/mol. The second-order valence-corrected chi connectivity index (χ2v) is 12.7. The Morgan fingerprint density at radius 1 is 0.977 bits per heavy atom. The van der Waals surface area contributed by atoms with E-state index in [1.165, 1.54) is 6.07 Å². The molecule has 4 aromatic rings. The van der Waals surface area contributed by atoms with Gasteiger partial charge in [0.25, 0.3) is 11.8 Å². The highest BCUT2D eigenvalue weighted by Gasteiger charge is 2.45. The number of halogens is 1. The molecule has 3 heterocycles. The van der Waals surface area contributed by atoms with Crippen LogP contribution in [0.4, 0.5) is 4.39 Å². The molecule has 2 amide bonds. The molecule has 0 spiro atoms. The molecule has 8 nitrogen and oxygen atoms in total. The van der Waals surface area contributed by atoms with Crippen LogP contribution in [0.15, 0.2) is 96.2 Å². The summed E-state index contributed by atoms with van der Waals surface area (Å²) in [5, 5.41) is 14.9. The van der Waals surface area contributed by atoms with Gasteiger partial charge >= 0.3 is 0 Å². The summed E-state index contributed by atoms with van der Waals surface area (Å²) in [6, 6.07) is 23.7. The van der Waals surface area contributed by atoms with E-state index in [4.69, 9.17) is 5.10 Å². The molecule has 1 unspecified atom stereocenters. The van der Waals surface area contributed by atoms with Gasteiger partial charge in [-0.2, -0.15) is 10.4 Å². The van der Waals surface area contributed by atoms with Crippen molar-refractivity contribution in [3.05, 3.63) is 119 Å². The molecule has 2 aliphatic rings. The third-order valence-corrected chi connectivity index (χ3v) is 9.41. The summed E-state index contributed by atoms with van der Waals surface area (Å²) in [6.45, 7) is 1.65. The number of benzene rings is 3. The van der Waals surface area contributed by atoms with Gasteiger partial charge in [0.05, 0.1) is 28.8 Å². The van der Waals surface area contributed by atoms with Gasteiger partial charge in [-0.1, -0.05) is 60.7 Å². The largest absolute Gasteiger partial charge is 0.272 e. The van der Waals surface area contributed by atoms with Gasteiger partial charge in [-0.3, -0.25) is 14.5 Å². The highest BCUT2D eigenvalue weighted by Crippen LogP contribution is 2.38. The average Bonchev–Trinajstić information content (AvgIpc) is 3.59. The fraction of sp³-hybridized carbons (Fsp3) is 0.152. The molecule has 0 saturated carbocycles. The Morgan fingerprint density at radius 3 is 2.30 bits per heavy atom. The number of aryl methyl sites for hydroxylation is 1. The highest BCUT2D eigenvalue weighted by molar-refractivity contribution is 7.91. The summed E-state index contributed by atoms with van der Waals surface area (Å²) in [4.78, 5) is 28.8. The van der Waals surface area contributed by atoms with E-state index < -0.39 is 33.5 Å². The van der Waals surface area contributed by atoms with E-state index in [0.29, 0.717) is 27.9 Å². The molecule has 0 radical (unpaired) electrons. The van der Waals surface area contributed by atoms with Crippen LogP contribution in [0, 0.1) is 24.1 Å². The summed E-state index contributed by atoms with van der Waals surface area (Å²) in [5.41, 5.74) is 2.85. The first-order chi connectivity index (χ1) is 20.7. The van der Waals surface area contributed by atoms with Gasteiger partial charge in [0.15, 0.2) is 9.84 Å². The lowest BCUT2D eigenvalue weighted by Crippen LogP contribution is -2.49. The number of amides is 2. The van der Waals surface area contributed by atoms with E-state index in [0.717, 1.165) is 10.6 Å². The minimum atomic E-state index is -3.45. The lowest BCUT2D eigenvalue weighted by atomic mass is 9.86. The Kier molecular flexibility index (Phi) is 7.12. The predicted molar refractivity (Wildman–Crippen MR) is 160 cm³/mol. The van der Waals surface area contributed by atoms with Crippen LogP contribution in [0.2, 0.25) is 0 Å². The third-order valence-electron chi connectivity index (χ3n) is 7.66. The molecule has 10 heteroatoms. The number of nitriles is 1. The smallest absolute Gasteiger partial charge is 0.270 e. The fourth-order valence-corrected chi connectivity index (χ4v) is 7.17. The van der Waals surface area contributed by atoms with Crippen molar-refractivity contribution in [1.29, 1.82) is 5.26 Å². The standard InChI is InChI=1S/C33H25FN4O4S/c1-21-12-13-23(17-29(21)34)31-24(19-37(36-31)25-10-6-3-7-11-25)16-27-30(22-8-4-2-5-9-22)28(18-35)33(40)38(32(27)39)26-14-15-43(41,42)20-26/h2-13,16-17,19,26H,14-15,20H2,1H3/b27-16-. The summed E-state index contributed by atoms with van der Waals surface area (Å²) in [5.74, 6) is -2.48. The van der Waals surface area contributed by atoms with Gasteiger partial charge in [0.2, 0.25) is 0 Å². The number of hydrogen-bond acceptors (Lipinski definition) is 6. The summed E-state index contributed by atoms with van der Waals surface area (Å²) in [7, 11) is -3.45. The molecular formula is C33H25FN4O4S. The second-order valence-electron chi connectivity index (χ2n) is 10.5. The van der Waals surface area contributed by atoms with Crippen molar-refractivity contribution in [2.45, 2.75) is 19.4 Å². The van der Waals surface area contributed by atoms with Gasteiger partial charge in [-0.25, -0.2) is 17.5 Å². The summed E-state index contributed by atoms with van der Waals surface area (Å²) < 4.78 is 41.0. The first kappa shape index (κ1) is 28.0. The average molecular weight is 593 g/mol. The quantitative estimate of drug-likeness (QED) is 0.241. The SMILES string of the molecule is Cc1ccc(-c2nn(-c3ccccc3)cc2/C=C2\C(=O)N(C3CCS(=O)(=O)C3)C(=O)C(C#N)=C2c2ccccc2)cc1F. The topological polar surface area (TPSA) is 113 Å². The minimum Gasteiger partial charge on any atom is -0.270 e. The number of imide groups is 1. The zero-order valence-corrected chi connectivity index (χ0v) is 23.9. The van der Waals surface area contributed by atoms with E-state index in [1.54, 1.807) is 66.3 Å². The van der Waals surface area contributed by atoms with Crippen molar-refractivity contribution in [3.63, 3.8) is 0 Å². The minimum absolute atomic E-state index is 0.0353. The van der Waals surface area contributed by atoms with Crippen molar-refractivity contribution in [2.75, 3.05) is 11.5 Å². The molecule has 2 aliphatic heterocycles. The molecule has 0 bridgehead atoms. The number of carbonyl (C=O) groups excluding carboxylic acids is 2. The fourth-order valence-electron chi connectivity index (χ4n) is 5.47. The van der Waals surface area contributed by atoms with Crippen LogP contribution in [-0.4, -0.2) is 52.5 Å². The lowest BCUT2D eigenvalue weighted by molar-refractivity contribution is -0.142. The van der Waals surface area contributed by atoms with E-state index in [9.17, 15) is 27.7 Å². The van der Waals surface area contributed by atoms with Crippen LogP contribution >= 0.6 is 0 Å². The number of carbonyl (C=O) groups is 2. The number of rotatable bonds is 5. The molecule has 6 rings (SSSR count). The number of nitrogens with zero attached hydrogens (tertiary/aromatic N) is 4. The molecule has 0 N–H and O–H groups in total. The number of aromatic nitrogens is 2. The van der Waals surface area contributed by atoms with Crippen molar-refractivity contribution >= 4 is 33.3 Å². The van der Waals surface area contributed by atoms with Crippen LogP contribution < -0.4 is 0 Å². The number of para-hydroxylation sites is 1. The Balaban J connectivity index is 1.60. The normalized spacial score (nSPS) is 19.2. The maximum atomic E-state index is 14.7. The maximum absolute atomic E-state index is 14.7. The van der Waals surface area contributed by atoms with Crippen LogP contribution in [0.25, 0.3) is 28.6 Å². The first-order valence-electron chi connectivity index (χ1n) is 13.6. The molecule has 3 aromatic carbocycles. The van der Waals surface area contributed by atoms with Crippen molar-refractivity contribution < 1.29 is 22.4 Å². The molecule has 1 aromatic heterocycles. The highest BCUT2D eigenvalue weighted by atomic mass is 32.2. The zero-order chi connectivity index (χ0) is 30.3. The van der Waals surface area contributed by atoms with Crippen LogP contribution in [0.5, 0.6) is 0 Å². The van der Waals surface area contributed by atoms with Crippen LogP contribution in [0.3, 0.4) is 0 Å². The maximum Gasteiger partial charge on any atom is 0.272 e. The van der Waals surface area contributed by atoms with Crippen LogP contribution in [0.1, 0.15) is 23.1 Å². The first-order valence-corrected chi connectivity index (χ1v) is 15.4. The third kappa shape index (κ3) is 5.19. The van der Waals surface area contributed by atoms with Crippen LogP contribution in [-0.2, 0) is 19.4 Å². The molecule has 43 heavy (non-hydrogen) atoms. The second kappa shape index (κ2) is 10.9. The van der Waals surface area contributed by atoms with Gasteiger partial charge in [0.1, 0.15) is 23.2 Å². The van der Waals surface area contributed by atoms with E-state index in [-0.39, 0.29) is 34.6 Å². The number of hydrogen-bond donors (Lipinski definition) is 0. The van der Waals surface area contributed by atoms with Gasteiger partial charge in [0, 0.05) is 22.9 Å². The Morgan fingerprint density at radius 2 is 1.67 bits per heavy atom. The van der Waals surface area contributed by atoms with E-state index in [1.807, 2.05) is 36.4 Å². The lowest BCUT2D eigenvalue weighted by Gasteiger charge is -2.32. The Bertz CT molecular complexity index is 1990. The molecule has 0 aliphatic carbocycles. The van der Waals surface area contributed by atoms with E-state index in [2.05, 4.69) is 0 Å². The van der Waals surface area contributed by atoms with Crippen molar-refractivity contribution in [2.24, 2.45) is 0 Å². The summed E-state index contributed by atoms with van der Waals surface area (Å²) >= 11 is 0. The monoisotopic (exact) mass is 592 g/mol. The Labute approximate surface area is 247 Å². The molecule has 1 fully saturated rings. The summed E-state index contributed by atoms with van der Waals surface area (Å²) in [6.07, 6.45) is 3.33. The van der Waals surface area contributed by atoms with Gasteiger partial charge in [-0.15, -0.1) is 0 Å². The van der Waals surface area contributed by atoms with Gasteiger partial charge < -0.3 is 0 Å².